The summed E-state index contributed by atoms with van der Waals surface area (Å²) in [6.07, 6.45) is 2.54. The van der Waals surface area contributed by atoms with Gasteiger partial charge in [-0.15, -0.1) is 24.8 Å². The lowest BCUT2D eigenvalue weighted by molar-refractivity contribution is -0.134. The number of aromatic amines is 1. The van der Waals surface area contributed by atoms with Crippen LogP contribution in [0.1, 0.15) is 19.4 Å². The Labute approximate surface area is 161 Å². The molecule has 1 aliphatic rings. The van der Waals surface area contributed by atoms with Gasteiger partial charge in [-0.25, -0.2) is 0 Å². The normalized spacial score (nSPS) is 16.4. The highest BCUT2D eigenvalue weighted by Crippen LogP contribution is 2.19. The molecule has 1 atom stereocenters. The zero-order valence-electron chi connectivity index (χ0n) is 14.8. The van der Waals surface area contributed by atoms with Gasteiger partial charge in [0, 0.05) is 49.3 Å². The highest BCUT2D eigenvalue weighted by molar-refractivity contribution is 5.86. The summed E-state index contributed by atoms with van der Waals surface area (Å²) in [7, 11) is 0. The van der Waals surface area contributed by atoms with Crippen molar-refractivity contribution in [2.24, 2.45) is 5.73 Å². The van der Waals surface area contributed by atoms with Crippen molar-refractivity contribution in [3.8, 4) is 0 Å². The molecule has 1 aromatic carbocycles. The third-order valence-corrected chi connectivity index (χ3v) is 4.79. The van der Waals surface area contributed by atoms with Crippen LogP contribution < -0.4 is 5.73 Å². The van der Waals surface area contributed by atoms with E-state index >= 15 is 0 Å². The number of carbonyl (C=O) groups excluding carboxylic acids is 1. The second-order valence-corrected chi connectivity index (χ2v) is 6.63. The topological polar surface area (TPSA) is 65.4 Å². The van der Waals surface area contributed by atoms with E-state index in [2.05, 4.69) is 29.8 Å². The minimum Gasteiger partial charge on any atom is -0.361 e. The summed E-state index contributed by atoms with van der Waals surface area (Å²) in [4.78, 5) is 20.2. The number of nitrogens with zero attached hydrogens (tertiary/aromatic N) is 2. The first-order valence-corrected chi connectivity index (χ1v) is 8.39. The van der Waals surface area contributed by atoms with E-state index in [0.717, 1.165) is 42.6 Å². The molecule has 1 aliphatic heterocycles. The third-order valence-electron chi connectivity index (χ3n) is 4.79. The number of piperazine rings is 1. The van der Waals surface area contributed by atoms with Crippen LogP contribution in [-0.2, 0) is 11.2 Å². The number of nitrogens with two attached hydrogens (primary N) is 1. The van der Waals surface area contributed by atoms with Crippen molar-refractivity contribution in [3.05, 3.63) is 36.0 Å². The molecule has 140 valence electrons. The molecule has 0 radical (unpaired) electrons. The van der Waals surface area contributed by atoms with Crippen LogP contribution >= 0.6 is 24.8 Å². The molecule has 7 heteroatoms. The SMILES string of the molecule is CC(C)N1CCN(C(=O)[C@@H](N)Cc2c[nH]c3ccccc23)CC1.Cl.Cl. The molecule has 1 aromatic heterocycles. The summed E-state index contributed by atoms with van der Waals surface area (Å²) in [5, 5.41) is 1.15. The van der Waals surface area contributed by atoms with E-state index in [9.17, 15) is 4.79 Å². The molecule has 1 fully saturated rings. The molecule has 0 saturated carbocycles. The number of rotatable bonds is 4. The predicted octanol–water partition coefficient (Wildman–Crippen LogP) is 2.43. The van der Waals surface area contributed by atoms with E-state index in [1.807, 2.05) is 29.3 Å². The van der Waals surface area contributed by atoms with Crippen LogP contribution in [0.25, 0.3) is 10.9 Å². The first-order valence-electron chi connectivity index (χ1n) is 8.39. The van der Waals surface area contributed by atoms with E-state index in [4.69, 9.17) is 5.73 Å². The summed E-state index contributed by atoms with van der Waals surface area (Å²) in [6, 6.07) is 8.18. The van der Waals surface area contributed by atoms with Gasteiger partial charge in [0.25, 0.3) is 0 Å². The van der Waals surface area contributed by atoms with E-state index in [1.165, 1.54) is 0 Å². The Bertz CT molecular complexity index is 681. The number of nitrogens with one attached hydrogen (secondary N) is 1. The molecule has 0 aliphatic carbocycles. The summed E-state index contributed by atoms with van der Waals surface area (Å²) >= 11 is 0. The number of fused-ring (bicyclic) bond motifs is 1. The highest BCUT2D eigenvalue weighted by Gasteiger charge is 2.26. The van der Waals surface area contributed by atoms with Crippen LogP contribution in [0.15, 0.2) is 30.5 Å². The Hall–Kier alpha value is -1.27. The molecule has 3 rings (SSSR count). The number of H-pyrrole nitrogens is 1. The number of carbonyl (C=O) groups is 1. The van der Waals surface area contributed by atoms with Crippen molar-refractivity contribution in [1.82, 2.24) is 14.8 Å². The van der Waals surface area contributed by atoms with Crippen molar-refractivity contribution < 1.29 is 4.79 Å². The molecule has 5 nitrogen and oxygen atoms in total. The summed E-state index contributed by atoms with van der Waals surface area (Å²) in [5.41, 5.74) is 8.41. The minimum absolute atomic E-state index is 0. The second-order valence-electron chi connectivity index (χ2n) is 6.63. The van der Waals surface area contributed by atoms with Crippen LogP contribution in [0, 0.1) is 0 Å². The van der Waals surface area contributed by atoms with Crippen molar-refractivity contribution in [1.29, 1.82) is 0 Å². The average Bonchev–Trinajstić information content (AvgIpc) is 2.97. The quantitative estimate of drug-likeness (QED) is 0.847. The largest absolute Gasteiger partial charge is 0.361 e. The molecule has 0 unspecified atom stereocenters. The average molecular weight is 387 g/mol. The standard InChI is InChI=1S/C18H26N4O.2ClH/c1-13(2)21-7-9-22(10-8-21)18(23)16(19)11-14-12-20-17-6-4-3-5-15(14)17;;/h3-6,12-13,16,20H,7-11,19H2,1-2H3;2*1H/t16-;;/m0../s1. The minimum atomic E-state index is -0.472. The number of hydrogen-bond donors (Lipinski definition) is 2. The van der Waals surface area contributed by atoms with Crippen LogP contribution in [0.4, 0.5) is 0 Å². The molecular weight excluding hydrogens is 359 g/mol. The lowest BCUT2D eigenvalue weighted by atomic mass is 10.0. The fourth-order valence-electron chi connectivity index (χ4n) is 3.32. The first-order chi connectivity index (χ1) is 11.1. The zero-order valence-corrected chi connectivity index (χ0v) is 16.4. The fraction of sp³-hybridized carbons (Fsp3) is 0.500. The monoisotopic (exact) mass is 386 g/mol. The van der Waals surface area contributed by atoms with Gasteiger partial charge in [-0.2, -0.15) is 0 Å². The van der Waals surface area contributed by atoms with Crippen molar-refractivity contribution in [2.45, 2.75) is 32.4 Å². The van der Waals surface area contributed by atoms with Gasteiger partial charge in [-0.1, -0.05) is 18.2 Å². The second kappa shape index (κ2) is 9.43. The van der Waals surface area contributed by atoms with E-state index in [0.29, 0.717) is 12.5 Å². The maximum absolute atomic E-state index is 12.6. The third kappa shape index (κ3) is 4.88. The van der Waals surface area contributed by atoms with Crippen LogP contribution in [0.2, 0.25) is 0 Å². The summed E-state index contributed by atoms with van der Waals surface area (Å²) in [6.45, 7) is 7.81. The van der Waals surface area contributed by atoms with Crippen LogP contribution in [0.3, 0.4) is 0 Å². The molecule has 1 saturated heterocycles. The van der Waals surface area contributed by atoms with Gasteiger partial charge in [0.2, 0.25) is 5.91 Å². The van der Waals surface area contributed by atoms with Crippen molar-refractivity contribution >= 4 is 41.6 Å². The maximum Gasteiger partial charge on any atom is 0.239 e. The highest BCUT2D eigenvalue weighted by atomic mass is 35.5. The lowest BCUT2D eigenvalue weighted by Gasteiger charge is -2.37. The molecule has 2 aromatic rings. The molecule has 0 bridgehead atoms. The predicted molar refractivity (Wildman–Crippen MR) is 108 cm³/mol. The van der Waals surface area contributed by atoms with Gasteiger partial charge in [0.05, 0.1) is 6.04 Å². The molecule has 25 heavy (non-hydrogen) atoms. The zero-order chi connectivity index (χ0) is 16.4. The number of aromatic nitrogens is 1. The van der Waals surface area contributed by atoms with Gasteiger partial charge < -0.3 is 15.6 Å². The Kier molecular flexibility index (Phi) is 8.22. The van der Waals surface area contributed by atoms with Gasteiger partial charge >= 0.3 is 0 Å². The number of hydrogen-bond acceptors (Lipinski definition) is 3. The van der Waals surface area contributed by atoms with E-state index in [-0.39, 0.29) is 30.7 Å². The Balaban J connectivity index is 0.00000156. The van der Waals surface area contributed by atoms with E-state index < -0.39 is 6.04 Å². The molecule has 1 amide bonds. The van der Waals surface area contributed by atoms with Crippen LogP contribution in [0.5, 0.6) is 0 Å². The number of amides is 1. The molecule has 3 N–H and O–H groups in total. The van der Waals surface area contributed by atoms with Gasteiger partial charge in [-0.05, 0) is 31.9 Å². The van der Waals surface area contributed by atoms with Crippen LogP contribution in [-0.4, -0.2) is 59.0 Å². The van der Waals surface area contributed by atoms with Gasteiger partial charge in [0.15, 0.2) is 0 Å². The fourth-order valence-corrected chi connectivity index (χ4v) is 3.32. The van der Waals surface area contributed by atoms with Gasteiger partial charge in [-0.3, -0.25) is 9.69 Å². The number of para-hydroxylation sites is 1. The molecule has 0 spiro atoms. The Morgan fingerprint density at radius 3 is 2.44 bits per heavy atom. The first kappa shape index (κ1) is 21.8. The smallest absolute Gasteiger partial charge is 0.239 e. The Morgan fingerprint density at radius 1 is 1.16 bits per heavy atom. The van der Waals surface area contributed by atoms with E-state index in [1.54, 1.807) is 0 Å². The van der Waals surface area contributed by atoms with Gasteiger partial charge in [0.1, 0.15) is 0 Å². The Morgan fingerprint density at radius 2 is 1.80 bits per heavy atom. The summed E-state index contributed by atoms with van der Waals surface area (Å²) < 4.78 is 0. The van der Waals surface area contributed by atoms with Crippen molar-refractivity contribution in [3.63, 3.8) is 0 Å². The molecular formula is C18H28Cl2N4O. The number of halogens is 2. The molecule has 2 heterocycles. The summed E-state index contributed by atoms with van der Waals surface area (Å²) in [5.74, 6) is 0.0682. The van der Waals surface area contributed by atoms with Crippen molar-refractivity contribution in [2.75, 3.05) is 26.2 Å². The lowest BCUT2D eigenvalue weighted by Crippen LogP contribution is -2.54. The maximum atomic E-state index is 12.6. The number of benzene rings is 1.